The second-order valence-electron chi connectivity index (χ2n) is 2.05. The van der Waals surface area contributed by atoms with E-state index in [-0.39, 0.29) is 18.4 Å². The van der Waals surface area contributed by atoms with Crippen LogP contribution < -0.4 is 16.0 Å². The van der Waals surface area contributed by atoms with E-state index in [1.807, 2.05) is 0 Å². The molecular weight excluding hydrogens is 158 g/mol. The first-order chi connectivity index (χ1) is 5.70. The summed E-state index contributed by atoms with van der Waals surface area (Å²) in [5.41, 5.74) is 0. The van der Waals surface area contributed by atoms with E-state index in [0.717, 1.165) is 6.08 Å². The summed E-state index contributed by atoms with van der Waals surface area (Å²) in [7, 11) is 1.71. The van der Waals surface area contributed by atoms with Gasteiger partial charge in [-0.15, -0.1) is 0 Å². The van der Waals surface area contributed by atoms with Crippen molar-refractivity contribution in [2.75, 3.05) is 20.3 Å². The molecule has 0 aromatic rings. The molecule has 68 valence electrons. The van der Waals surface area contributed by atoms with E-state index in [1.54, 1.807) is 7.05 Å². The molecule has 0 saturated carbocycles. The average molecular weight is 171 g/mol. The Balaban J connectivity index is 3.43. The van der Waals surface area contributed by atoms with E-state index < -0.39 is 0 Å². The van der Waals surface area contributed by atoms with Gasteiger partial charge in [0.1, 0.15) is 0 Å². The number of carbonyl (C=O) groups is 2. The van der Waals surface area contributed by atoms with E-state index in [4.69, 9.17) is 0 Å². The Kier molecular flexibility index (Phi) is 5.64. The van der Waals surface area contributed by atoms with Crippen molar-refractivity contribution in [2.45, 2.75) is 0 Å². The van der Waals surface area contributed by atoms with Gasteiger partial charge < -0.3 is 16.0 Å². The van der Waals surface area contributed by atoms with Crippen LogP contribution in [0.25, 0.3) is 0 Å². The fourth-order valence-electron chi connectivity index (χ4n) is 0.489. The van der Waals surface area contributed by atoms with Crippen LogP contribution in [-0.2, 0) is 9.59 Å². The van der Waals surface area contributed by atoms with E-state index >= 15 is 0 Å². The molecule has 5 heteroatoms. The predicted octanol–water partition coefficient (Wildman–Crippen LogP) is -1.42. The maximum absolute atomic E-state index is 10.8. The molecule has 0 aliphatic heterocycles. The zero-order chi connectivity index (χ0) is 9.40. The average Bonchev–Trinajstić information content (AvgIpc) is 2.10. The van der Waals surface area contributed by atoms with E-state index in [0.29, 0.717) is 6.67 Å². The van der Waals surface area contributed by atoms with Gasteiger partial charge in [0.25, 0.3) is 0 Å². The monoisotopic (exact) mass is 171 g/mol. The first-order valence-corrected chi connectivity index (χ1v) is 3.52. The zero-order valence-corrected chi connectivity index (χ0v) is 7.02. The Bertz CT molecular complexity index is 179. The van der Waals surface area contributed by atoms with Crippen LogP contribution in [0.1, 0.15) is 0 Å². The fourth-order valence-corrected chi connectivity index (χ4v) is 0.489. The summed E-state index contributed by atoms with van der Waals surface area (Å²) >= 11 is 0. The molecule has 3 N–H and O–H groups in total. The van der Waals surface area contributed by atoms with Crippen molar-refractivity contribution in [3.8, 4) is 0 Å². The Labute approximate surface area is 71.2 Å². The normalized spacial score (nSPS) is 8.75. The number of carbonyl (C=O) groups excluding carboxylic acids is 2. The van der Waals surface area contributed by atoms with Crippen molar-refractivity contribution in [2.24, 2.45) is 0 Å². The first kappa shape index (κ1) is 10.6. The third-order valence-electron chi connectivity index (χ3n) is 1.07. The molecular formula is C7H13N3O2. The molecule has 12 heavy (non-hydrogen) atoms. The van der Waals surface area contributed by atoms with Gasteiger partial charge >= 0.3 is 0 Å². The van der Waals surface area contributed by atoms with E-state index in [2.05, 4.69) is 22.5 Å². The highest BCUT2D eigenvalue weighted by Gasteiger charge is 1.99. The second kappa shape index (κ2) is 6.36. The zero-order valence-electron chi connectivity index (χ0n) is 7.02. The highest BCUT2D eigenvalue weighted by Crippen LogP contribution is 1.66. The molecule has 0 bridgehead atoms. The molecule has 0 aromatic carbocycles. The van der Waals surface area contributed by atoms with Crippen molar-refractivity contribution < 1.29 is 9.59 Å². The summed E-state index contributed by atoms with van der Waals surface area (Å²) in [6.45, 7) is 3.61. The molecule has 2 amide bonds. The third kappa shape index (κ3) is 5.43. The fraction of sp³-hybridized carbons (Fsp3) is 0.429. The Morgan fingerprint density at radius 3 is 2.58 bits per heavy atom. The molecule has 0 saturated heterocycles. The number of amides is 2. The number of hydrogen-bond acceptors (Lipinski definition) is 3. The number of nitrogens with one attached hydrogen (secondary N) is 3. The minimum absolute atomic E-state index is 0.0213. The van der Waals surface area contributed by atoms with Crippen molar-refractivity contribution in [1.82, 2.24) is 16.0 Å². The van der Waals surface area contributed by atoms with Crippen LogP contribution in [0.3, 0.4) is 0 Å². The van der Waals surface area contributed by atoms with Crippen LogP contribution in [-0.4, -0.2) is 32.1 Å². The van der Waals surface area contributed by atoms with Crippen molar-refractivity contribution in [3.05, 3.63) is 12.7 Å². The third-order valence-corrected chi connectivity index (χ3v) is 1.07. The molecule has 0 aromatic heterocycles. The summed E-state index contributed by atoms with van der Waals surface area (Å²) < 4.78 is 0. The molecule has 0 heterocycles. The Morgan fingerprint density at radius 2 is 2.08 bits per heavy atom. The van der Waals surface area contributed by atoms with Gasteiger partial charge in [0.05, 0.1) is 13.2 Å². The quantitative estimate of drug-likeness (QED) is 0.351. The van der Waals surface area contributed by atoms with Gasteiger partial charge in [-0.3, -0.25) is 9.59 Å². The number of hydrogen-bond donors (Lipinski definition) is 3. The topological polar surface area (TPSA) is 70.2 Å². The lowest BCUT2D eigenvalue weighted by Gasteiger charge is -2.03. The molecule has 0 fully saturated rings. The summed E-state index contributed by atoms with van der Waals surface area (Å²) in [6, 6.07) is 0. The number of rotatable bonds is 5. The van der Waals surface area contributed by atoms with Crippen molar-refractivity contribution >= 4 is 11.8 Å². The minimum Gasteiger partial charge on any atom is -0.344 e. The molecule has 0 atom stereocenters. The van der Waals surface area contributed by atoms with Crippen LogP contribution in [0.5, 0.6) is 0 Å². The van der Waals surface area contributed by atoms with Crippen molar-refractivity contribution in [1.29, 1.82) is 0 Å². The van der Waals surface area contributed by atoms with Crippen LogP contribution in [0, 0.1) is 0 Å². The van der Waals surface area contributed by atoms with Gasteiger partial charge in [-0.1, -0.05) is 6.58 Å². The maximum Gasteiger partial charge on any atom is 0.243 e. The lowest BCUT2D eigenvalue weighted by Crippen LogP contribution is -2.39. The maximum atomic E-state index is 10.8. The molecule has 0 unspecified atom stereocenters. The van der Waals surface area contributed by atoms with Crippen LogP contribution in [0.2, 0.25) is 0 Å². The minimum atomic E-state index is -0.352. The van der Waals surface area contributed by atoms with Gasteiger partial charge in [0.15, 0.2) is 0 Å². The van der Waals surface area contributed by atoms with Crippen LogP contribution >= 0.6 is 0 Å². The summed E-state index contributed by atoms with van der Waals surface area (Å²) in [5, 5.41) is 7.59. The van der Waals surface area contributed by atoms with Gasteiger partial charge in [-0.25, -0.2) is 0 Å². The molecule has 0 spiro atoms. The smallest absolute Gasteiger partial charge is 0.243 e. The molecule has 0 aliphatic rings. The summed E-state index contributed by atoms with van der Waals surface area (Å²) in [4.78, 5) is 21.4. The first-order valence-electron chi connectivity index (χ1n) is 3.52. The van der Waals surface area contributed by atoms with E-state index in [1.165, 1.54) is 0 Å². The molecule has 0 aliphatic carbocycles. The van der Waals surface area contributed by atoms with Gasteiger partial charge in [-0.05, 0) is 13.1 Å². The molecule has 0 radical (unpaired) electrons. The Hall–Kier alpha value is -1.36. The SMILES string of the molecule is C=CC(=O)NCC(=O)NCNC. The highest BCUT2D eigenvalue weighted by atomic mass is 16.2. The standard InChI is InChI=1S/C7H13N3O2/c1-3-6(11)9-4-7(12)10-5-8-2/h3,8H,1,4-5H2,2H3,(H,9,11)(H,10,12). The largest absolute Gasteiger partial charge is 0.344 e. The lowest BCUT2D eigenvalue weighted by atomic mass is 10.5. The lowest BCUT2D eigenvalue weighted by molar-refractivity contribution is -0.124. The van der Waals surface area contributed by atoms with Gasteiger partial charge in [-0.2, -0.15) is 0 Å². The molecule has 5 nitrogen and oxygen atoms in total. The highest BCUT2D eigenvalue weighted by molar-refractivity contribution is 5.90. The van der Waals surface area contributed by atoms with Crippen LogP contribution in [0.15, 0.2) is 12.7 Å². The van der Waals surface area contributed by atoms with Crippen molar-refractivity contribution in [3.63, 3.8) is 0 Å². The Morgan fingerprint density at radius 1 is 1.42 bits per heavy atom. The molecule has 0 rings (SSSR count). The predicted molar refractivity (Wildman–Crippen MR) is 45.3 cm³/mol. The summed E-state index contributed by atoms with van der Waals surface area (Å²) in [5.74, 6) is -0.589. The van der Waals surface area contributed by atoms with E-state index in [9.17, 15) is 9.59 Å². The van der Waals surface area contributed by atoms with Gasteiger partial charge in [0.2, 0.25) is 11.8 Å². The van der Waals surface area contributed by atoms with Gasteiger partial charge in [0, 0.05) is 0 Å². The summed E-state index contributed by atoms with van der Waals surface area (Å²) in [6.07, 6.45) is 1.12. The van der Waals surface area contributed by atoms with Crippen LogP contribution in [0.4, 0.5) is 0 Å². The second-order valence-corrected chi connectivity index (χ2v) is 2.05.